The number of rotatable bonds is 9. The molecule has 5 nitrogen and oxygen atoms in total. The highest BCUT2D eigenvalue weighted by atomic mass is 16.5. The number of nitrogens with zero attached hydrogens (tertiary/aromatic N) is 2. The quantitative estimate of drug-likeness (QED) is 0.397. The van der Waals surface area contributed by atoms with Gasteiger partial charge in [0.15, 0.2) is 5.96 Å². The molecule has 3 rings (SSSR count). The summed E-state index contributed by atoms with van der Waals surface area (Å²) in [6.45, 7) is 5.35. The zero-order valence-electron chi connectivity index (χ0n) is 17.0. The third-order valence-electron chi connectivity index (χ3n) is 5.98. The van der Waals surface area contributed by atoms with Crippen molar-refractivity contribution in [3.8, 4) is 0 Å². The first kappa shape index (κ1) is 20.2. The Hall–Kier alpha value is -1.59. The maximum Gasteiger partial charge on any atom is 0.191 e. The molecule has 0 radical (unpaired) electrons. The summed E-state index contributed by atoms with van der Waals surface area (Å²) in [7, 11) is 3.66. The van der Waals surface area contributed by atoms with Gasteiger partial charge in [-0.3, -0.25) is 4.99 Å². The van der Waals surface area contributed by atoms with Crippen molar-refractivity contribution in [1.82, 2.24) is 15.5 Å². The Labute approximate surface area is 164 Å². The van der Waals surface area contributed by atoms with E-state index in [4.69, 9.17) is 4.74 Å². The van der Waals surface area contributed by atoms with Gasteiger partial charge in [-0.15, -0.1) is 0 Å². The van der Waals surface area contributed by atoms with Gasteiger partial charge in [-0.2, -0.15) is 0 Å². The van der Waals surface area contributed by atoms with E-state index in [0.29, 0.717) is 11.5 Å². The van der Waals surface area contributed by atoms with E-state index >= 15 is 0 Å². The number of guanidine groups is 1. The van der Waals surface area contributed by atoms with Crippen molar-refractivity contribution in [2.24, 2.45) is 10.4 Å². The van der Waals surface area contributed by atoms with Gasteiger partial charge in [0.25, 0.3) is 0 Å². The van der Waals surface area contributed by atoms with Crippen molar-refractivity contribution in [2.45, 2.75) is 44.6 Å². The largest absolute Gasteiger partial charge is 0.385 e. The molecule has 5 heteroatoms. The van der Waals surface area contributed by atoms with E-state index < -0.39 is 0 Å². The van der Waals surface area contributed by atoms with E-state index in [9.17, 15) is 0 Å². The number of aliphatic imine (C=N–C) groups is 1. The smallest absolute Gasteiger partial charge is 0.191 e. The van der Waals surface area contributed by atoms with Crippen LogP contribution in [0.3, 0.4) is 0 Å². The van der Waals surface area contributed by atoms with Crippen LogP contribution >= 0.6 is 0 Å². The van der Waals surface area contributed by atoms with Gasteiger partial charge in [-0.05, 0) is 49.5 Å². The average Bonchev–Trinajstić information content (AvgIpc) is 3.47. The fourth-order valence-corrected chi connectivity index (χ4v) is 4.01. The van der Waals surface area contributed by atoms with Gasteiger partial charge < -0.3 is 20.3 Å². The summed E-state index contributed by atoms with van der Waals surface area (Å²) in [5.74, 6) is 0.965. The van der Waals surface area contributed by atoms with Crippen molar-refractivity contribution in [3.63, 3.8) is 0 Å². The first-order valence-electron chi connectivity index (χ1n) is 10.5. The Morgan fingerprint density at radius 1 is 1.22 bits per heavy atom. The molecule has 1 aromatic rings. The number of methoxy groups -OCH3 is 1. The van der Waals surface area contributed by atoms with Gasteiger partial charge in [-0.25, -0.2) is 0 Å². The highest BCUT2D eigenvalue weighted by Crippen LogP contribution is 2.47. The van der Waals surface area contributed by atoms with Crippen molar-refractivity contribution < 1.29 is 4.74 Å². The number of piperidine rings is 1. The number of likely N-dealkylation sites (tertiary alicyclic amines) is 1. The summed E-state index contributed by atoms with van der Waals surface area (Å²) in [4.78, 5) is 7.01. The van der Waals surface area contributed by atoms with Crippen LogP contribution in [-0.2, 0) is 11.2 Å². The summed E-state index contributed by atoms with van der Waals surface area (Å²) in [6.07, 6.45) is 7.28. The van der Waals surface area contributed by atoms with Crippen LogP contribution in [0.2, 0.25) is 0 Å². The number of ether oxygens (including phenoxy) is 1. The SMILES string of the molecule is CN=C(NCC1(Cc2ccccc2)CC1)NC1CCN(CCCOC)CC1. The molecule has 27 heavy (non-hydrogen) atoms. The average molecular weight is 373 g/mol. The zero-order chi connectivity index (χ0) is 19.0. The van der Waals surface area contributed by atoms with Gasteiger partial charge in [0.1, 0.15) is 0 Å². The molecule has 1 aliphatic heterocycles. The topological polar surface area (TPSA) is 48.9 Å². The summed E-state index contributed by atoms with van der Waals surface area (Å²) in [5, 5.41) is 7.25. The number of hydrogen-bond acceptors (Lipinski definition) is 3. The van der Waals surface area contributed by atoms with E-state index in [2.05, 4.69) is 50.9 Å². The highest BCUT2D eigenvalue weighted by molar-refractivity contribution is 5.80. The molecule has 0 aromatic heterocycles. The van der Waals surface area contributed by atoms with Crippen LogP contribution in [0.4, 0.5) is 0 Å². The van der Waals surface area contributed by atoms with Crippen LogP contribution in [0.5, 0.6) is 0 Å². The second kappa shape index (κ2) is 10.1. The molecular weight excluding hydrogens is 336 g/mol. The summed E-state index contributed by atoms with van der Waals surface area (Å²) >= 11 is 0. The van der Waals surface area contributed by atoms with E-state index in [1.165, 1.54) is 31.2 Å². The molecule has 2 aliphatic rings. The molecule has 0 atom stereocenters. The van der Waals surface area contributed by atoms with Crippen LogP contribution < -0.4 is 10.6 Å². The lowest BCUT2D eigenvalue weighted by atomic mass is 9.96. The minimum absolute atomic E-state index is 0.420. The van der Waals surface area contributed by atoms with Crippen LogP contribution in [0.1, 0.15) is 37.7 Å². The third kappa shape index (κ3) is 6.51. The van der Waals surface area contributed by atoms with Gasteiger partial charge in [0.05, 0.1) is 0 Å². The van der Waals surface area contributed by atoms with Crippen molar-refractivity contribution in [3.05, 3.63) is 35.9 Å². The lowest BCUT2D eigenvalue weighted by Gasteiger charge is -2.33. The van der Waals surface area contributed by atoms with E-state index in [1.54, 1.807) is 7.11 Å². The maximum absolute atomic E-state index is 5.16. The molecule has 150 valence electrons. The lowest BCUT2D eigenvalue weighted by molar-refractivity contribution is 0.155. The Kier molecular flexibility index (Phi) is 7.53. The van der Waals surface area contributed by atoms with Crippen LogP contribution in [-0.4, -0.2) is 63.8 Å². The highest BCUT2D eigenvalue weighted by Gasteiger charge is 2.42. The van der Waals surface area contributed by atoms with Gasteiger partial charge >= 0.3 is 0 Å². The Balaban J connectivity index is 1.38. The van der Waals surface area contributed by atoms with E-state index in [1.807, 2.05) is 7.05 Å². The maximum atomic E-state index is 5.16. The molecule has 1 aliphatic carbocycles. The molecule has 0 spiro atoms. The van der Waals surface area contributed by atoms with E-state index in [0.717, 1.165) is 51.6 Å². The molecule has 0 unspecified atom stereocenters. The third-order valence-corrected chi connectivity index (χ3v) is 5.98. The molecular formula is C22H36N4O. The van der Waals surface area contributed by atoms with Gasteiger partial charge in [0.2, 0.25) is 0 Å². The summed E-state index contributed by atoms with van der Waals surface area (Å²) in [6, 6.07) is 11.4. The molecule has 1 saturated carbocycles. The lowest BCUT2D eigenvalue weighted by Crippen LogP contribution is -2.49. The van der Waals surface area contributed by atoms with Crippen LogP contribution in [0, 0.1) is 5.41 Å². The molecule has 2 N–H and O–H groups in total. The minimum Gasteiger partial charge on any atom is -0.385 e. The second-order valence-electron chi connectivity index (χ2n) is 8.19. The fraction of sp³-hybridized carbons (Fsp3) is 0.682. The van der Waals surface area contributed by atoms with Crippen molar-refractivity contribution in [1.29, 1.82) is 0 Å². The Bertz CT molecular complexity index is 577. The molecule has 2 fully saturated rings. The van der Waals surface area contributed by atoms with Crippen LogP contribution in [0.25, 0.3) is 0 Å². The number of benzene rings is 1. The summed E-state index contributed by atoms with van der Waals surface area (Å²) < 4.78 is 5.16. The summed E-state index contributed by atoms with van der Waals surface area (Å²) in [5.41, 5.74) is 1.87. The minimum atomic E-state index is 0.420. The first-order chi connectivity index (χ1) is 13.2. The molecule has 1 saturated heterocycles. The molecule has 1 aromatic carbocycles. The molecule has 0 bridgehead atoms. The molecule has 0 amide bonds. The normalized spacial score (nSPS) is 20.4. The standard InChI is InChI=1S/C22H36N4O/c1-23-21(25-20-9-14-26(15-10-20)13-6-16-27-2)24-18-22(11-12-22)17-19-7-4-3-5-8-19/h3-5,7-8,20H,6,9-18H2,1-2H3,(H2,23,24,25). The second-order valence-corrected chi connectivity index (χ2v) is 8.19. The Morgan fingerprint density at radius 3 is 2.59 bits per heavy atom. The van der Waals surface area contributed by atoms with Crippen molar-refractivity contribution >= 4 is 5.96 Å². The van der Waals surface area contributed by atoms with Gasteiger partial charge in [0, 0.05) is 53.0 Å². The fourth-order valence-electron chi connectivity index (χ4n) is 4.01. The predicted molar refractivity (Wildman–Crippen MR) is 112 cm³/mol. The van der Waals surface area contributed by atoms with E-state index in [-0.39, 0.29) is 0 Å². The molecule has 1 heterocycles. The van der Waals surface area contributed by atoms with Crippen LogP contribution in [0.15, 0.2) is 35.3 Å². The Morgan fingerprint density at radius 2 is 1.96 bits per heavy atom. The number of hydrogen-bond donors (Lipinski definition) is 2. The zero-order valence-corrected chi connectivity index (χ0v) is 17.0. The number of nitrogens with one attached hydrogen (secondary N) is 2. The predicted octanol–water partition coefficient (Wildman–Crippen LogP) is 2.68. The van der Waals surface area contributed by atoms with Gasteiger partial charge in [-0.1, -0.05) is 30.3 Å². The first-order valence-corrected chi connectivity index (χ1v) is 10.5. The van der Waals surface area contributed by atoms with Crippen molar-refractivity contribution in [2.75, 3.05) is 46.9 Å². The monoisotopic (exact) mass is 372 g/mol.